The van der Waals surface area contributed by atoms with Crippen LogP contribution in [0.5, 0.6) is 5.75 Å². The lowest BCUT2D eigenvalue weighted by Crippen LogP contribution is -2.18. The van der Waals surface area contributed by atoms with E-state index in [0.717, 1.165) is 30.9 Å². The zero-order chi connectivity index (χ0) is 13.7. The molecule has 1 aliphatic rings. The monoisotopic (exact) mass is 262 g/mol. The van der Waals surface area contributed by atoms with Crippen molar-refractivity contribution in [2.45, 2.75) is 32.6 Å². The third kappa shape index (κ3) is 3.40. The van der Waals surface area contributed by atoms with E-state index in [-0.39, 0.29) is 5.91 Å². The van der Waals surface area contributed by atoms with Crippen molar-refractivity contribution in [2.24, 2.45) is 0 Å². The number of carbonyl (C=O) groups excluding carboxylic acids is 1. The predicted octanol–water partition coefficient (Wildman–Crippen LogP) is 3.03. The number of benzene rings is 1. The SMILES string of the molecule is CCCC(=O)Nc1cc(N2CCCC2)ccc1OC. The van der Waals surface area contributed by atoms with Crippen molar-refractivity contribution >= 4 is 17.3 Å². The molecule has 0 unspecified atom stereocenters. The molecule has 1 N–H and O–H groups in total. The summed E-state index contributed by atoms with van der Waals surface area (Å²) in [4.78, 5) is 14.1. The van der Waals surface area contributed by atoms with Crippen LogP contribution in [0.4, 0.5) is 11.4 Å². The van der Waals surface area contributed by atoms with Crippen LogP contribution in [0.3, 0.4) is 0 Å². The van der Waals surface area contributed by atoms with Gasteiger partial charge in [0.05, 0.1) is 12.8 Å². The van der Waals surface area contributed by atoms with Crippen LogP contribution in [-0.4, -0.2) is 26.1 Å². The summed E-state index contributed by atoms with van der Waals surface area (Å²) in [5, 5.41) is 2.94. The minimum absolute atomic E-state index is 0.0411. The summed E-state index contributed by atoms with van der Waals surface area (Å²) in [7, 11) is 1.63. The van der Waals surface area contributed by atoms with Crippen LogP contribution >= 0.6 is 0 Å². The molecule has 0 spiro atoms. The summed E-state index contributed by atoms with van der Waals surface area (Å²) >= 11 is 0. The second kappa shape index (κ2) is 6.45. The van der Waals surface area contributed by atoms with Crippen LogP contribution in [0.2, 0.25) is 0 Å². The van der Waals surface area contributed by atoms with Gasteiger partial charge in [-0.3, -0.25) is 4.79 Å². The standard InChI is InChI=1S/C15H22N2O2/c1-3-6-15(18)16-13-11-12(7-8-14(13)19-2)17-9-4-5-10-17/h7-8,11H,3-6,9-10H2,1-2H3,(H,16,18). The van der Waals surface area contributed by atoms with Crippen molar-refractivity contribution in [3.63, 3.8) is 0 Å². The van der Waals surface area contributed by atoms with Crippen LogP contribution in [0.1, 0.15) is 32.6 Å². The van der Waals surface area contributed by atoms with E-state index in [1.807, 2.05) is 19.1 Å². The predicted molar refractivity (Wildman–Crippen MR) is 78.0 cm³/mol. The highest BCUT2D eigenvalue weighted by Crippen LogP contribution is 2.31. The Morgan fingerprint density at radius 3 is 2.74 bits per heavy atom. The highest BCUT2D eigenvalue weighted by Gasteiger charge is 2.15. The van der Waals surface area contributed by atoms with E-state index in [1.165, 1.54) is 12.8 Å². The minimum atomic E-state index is 0.0411. The summed E-state index contributed by atoms with van der Waals surface area (Å²) in [5.74, 6) is 0.756. The minimum Gasteiger partial charge on any atom is -0.495 e. The second-order valence-corrected chi connectivity index (χ2v) is 4.88. The molecule has 4 heteroatoms. The molecule has 1 amide bonds. The summed E-state index contributed by atoms with van der Waals surface area (Å²) in [6, 6.07) is 5.99. The molecule has 0 aromatic heterocycles. The summed E-state index contributed by atoms with van der Waals surface area (Å²) in [5.41, 5.74) is 1.93. The van der Waals surface area contributed by atoms with Crippen LogP contribution < -0.4 is 15.0 Å². The molecule has 4 nitrogen and oxygen atoms in total. The van der Waals surface area contributed by atoms with E-state index in [2.05, 4.69) is 16.3 Å². The van der Waals surface area contributed by atoms with Crippen molar-refractivity contribution in [3.8, 4) is 5.75 Å². The molecule has 0 atom stereocenters. The average Bonchev–Trinajstić information content (AvgIpc) is 2.93. The first-order chi connectivity index (χ1) is 9.24. The van der Waals surface area contributed by atoms with E-state index in [9.17, 15) is 4.79 Å². The van der Waals surface area contributed by atoms with Gasteiger partial charge in [-0.25, -0.2) is 0 Å². The molecule has 0 radical (unpaired) electrons. The molecule has 1 heterocycles. The normalized spacial score (nSPS) is 14.5. The van der Waals surface area contributed by atoms with Crippen molar-refractivity contribution in [3.05, 3.63) is 18.2 Å². The van der Waals surface area contributed by atoms with E-state index >= 15 is 0 Å². The molecule has 2 rings (SSSR count). The van der Waals surface area contributed by atoms with Gasteiger partial charge in [-0.15, -0.1) is 0 Å². The second-order valence-electron chi connectivity index (χ2n) is 4.88. The largest absolute Gasteiger partial charge is 0.495 e. The maximum atomic E-state index is 11.7. The van der Waals surface area contributed by atoms with Crippen LogP contribution in [-0.2, 0) is 4.79 Å². The van der Waals surface area contributed by atoms with Gasteiger partial charge in [-0.1, -0.05) is 6.92 Å². The smallest absolute Gasteiger partial charge is 0.224 e. The molecule has 1 aromatic carbocycles. The molecule has 1 fully saturated rings. The lowest BCUT2D eigenvalue weighted by Gasteiger charge is -2.20. The average molecular weight is 262 g/mol. The highest BCUT2D eigenvalue weighted by atomic mass is 16.5. The number of ether oxygens (including phenoxy) is 1. The van der Waals surface area contributed by atoms with Gasteiger partial charge in [0, 0.05) is 25.2 Å². The van der Waals surface area contributed by atoms with Gasteiger partial charge in [0.25, 0.3) is 0 Å². The van der Waals surface area contributed by atoms with Gasteiger partial charge in [0.15, 0.2) is 0 Å². The summed E-state index contributed by atoms with van der Waals surface area (Å²) in [6.45, 7) is 4.18. The number of carbonyl (C=O) groups is 1. The third-order valence-electron chi connectivity index (χ3n) is 3.41. The maximum absolute atomic E-state index is 11.7. The van der Waals surface area contributed by atoms with Crippen LogP contribution in [0.25, 0.3) is 0 Å². The van der Waals surface area contributed by atoms with Gasteiger partial charge >= 0.3 is 0 Å². The van der Waals surface area contributed by atoms with E-state index < -0.39 is 0 Å². The molecule has 104 valence electrons. The zero-order valence-electron chi connectivity index (χ0n) is 11.7. The fourth-order valence-corrected chi connectivity index (χ4v) is 2.41. The number of nitrogens with one attached hydrogen (secondary N) is 1. The van der Waals surface area contributed by atoms with E-state index in [1.54, 1.807) is 7.11 Å². The van der Waals surface area contributed by atoms with Crippen molar-refractivity contribution < 1.29 is 9.53 Å². The van der Waals surface area contributed by atoms with Crippen molar-refractivity contribution in [2.75, 3.05) is 30.4 Å². The Morgan fingerprint density at radius 2 is 2.11 bits per heavy atom. The fourth-order valence-electron chi connectivity index (χ4n) is 2.41. The number of nitrogens with zero attached hydrogens (tertiary/aromatic N) is 1. The lowest BCUT2D eigenvalue weighted by atomic mass is 10.2. The number of hydrogen-bond donors (Lipinski definition) is 1. The third-order valence-corrected chi connectivity index (χ3v) is 3.41. The van der Waals surface area contributed by atoms with Gasteiger partial charge < -0.3 is 15.0 Å². The quantitative estimate of drug-likeness (QED) is 0.886. The first kappa shape index (κ1) is 13.7. The molecule has 1 aromatic rings. The summed E-state index contributed by atoms with van der Waals surface area (Å²) in [6.07, 6.45) is 3.87. The lowest BCUT2D eigenvalue weighted by molar-refractivity contribution is -0.116. The van der Waals surface area contributed by atoms with Gasteiger partial charge in [-0.05, 0) is 37.5 Å². The number of hydrogen-bond acceptors (Lipinski definition) is 3. The first-order valence-electron chi connectivity index (χ1n) is 6.97. The molecular weight excluding hydrogens is 240 g/mol. The molecule has 1 aliphatic heterocycles. The first-order valence-corrected chi connectivity index (χ1v) is 6.97. The van der Waals surface area contributed by atoms with Crippen LogP contribution in [0.15, 0.2) is 18.2 Å². The molecule has 0 bridgehead atoms. The fraction of sp³-hybridized carbons (Fsp3) is 0.533. The maximum Gasteiger partial charge on any atom is 0.224 e. The number of rotatable bonds is 5. The van der Waals surface area contributed by atoms with Gasteiger partial charge in [0.2, 0.25) is 5.91 Å². The highest BCUT2D eigenvalue weighted by molar-refractivity contribution is 5.93. The Hall–Kier alpha value is -1.71. The number of methoxy groups -OCH3 is 1. The number of anilines is 2. The molecular formula is C15H22N2O2. The molecule has 1 saturated heterocycles. The van der Waals surface area contributed by atoms with E-state index in [0.29, 0.717) is 12.2 Å². The Balaban J connectivity index is 2.18. The summed E-state index contributed by atoms with van der Waals surface area (Å²) < 4.78 is 5.31. The molecule has 0 aliphatic carbocycles. The molecule has 19 heavy (non-hydrogen) atoms. The zero-order valence-corrected chi connectivity index (χ0v) is 11.7. The van der Waals surface area contributed by atoms with Crippen LogP contribution in [0, 0.1) is 0 Å². The Morgan fingerprint density at radius 1 is 1.37 bits per heavy atom. The Kier molecular flexibility index (Phi) is 4.66. The topological polar surface area (TPSA) is 41.6 Å². The van der Waals surface area contributed by atoms with Crippen molar-refractivity contribution in [1.82, 2.24) is 0 Å². The van der Waals surface area contributed by atoms with Gasteiger partial charge in [-0.2, -0.15) is 0 Å². The Bertz CT molecular complexity index is 440. The van der Waals surface area contributed by atoms with E-state index in [4.69, 9.17) is 4.74 Å². The van der Waals surface area contributed by atoms with Crippen molar-refractivity contribution in [1.29, 1.82) is 0 Å². The number of amides is 1. The Labute approximate surface area is 114 Å². The van der Waals surface area contributed by atoms with Gasteiger partial charge in [0.1, 0.15) is 5.75 Å². The molecule has 0 saturated carbocycles.